The molecule has 1 aliphatic carbocycles. The SMILES string of the molecule is CC1(C)c2cc(-c3ccccc3)ccc2-c2ccc(N(c3ccc4ccc5ccccc5c4c3)c3ccccc3-c3ccccc3)cc21. The average molecular weight is 614 g/mol. The topological polar surface area (TPSA) is 3.24 Å². The normalized spacial score (nSPS) is 13.0. The third-order valence-electron chi connectivity index (χ3n) is 10.2. The van der Waals surface area contributed by atoms with Crippen LogP contribution in [0, 0.1) is 0 Å². The molecule has 0 spiro atoms. The molecule has 48 heavy (non-hydrogen) atoms. The molecule has 9 rings (SSSR count). The van der Waals surface area contributed by atoms with Gasteiger partial charge in [-0.05, 0) is 96.9 Å². The summed E-state index contributed by atoms with van der Waals surface area (Å²) in [5.41, 5.74) is 13.6. The van der Waals surface area contributed by atoms with Crippen molar-refractivity contribution in [3.63, 3.8) is 0 Å². The van der Waals surface area contributed by atoms with Crippen molar-refractivity contribution in [3.05, 3.63) is 187 Å². The fourth-order valence-electron chi connectivity index (χ4n) is 7.76. The van der Waals surface area contributed by atoms with Crippen LogP contribution in [0.25, 0.3) is 54.9 Å². The molecule has 1 heteroatoms. The van der Waals surface area contributed by atoms with Gasteiger partial charge in [-0.15, -0.1) is 0 Å². The van der Waals surface area contributed by atoms with Crippen molar-refractivity contribution >= 4 is 38.6 Å². The minimum absolute atomic E-state index is 0.157. The lowest BCUT2D eigenvalue weighted by Crippen LogP contribution is -2.17. The molecule has 0 amide bonds. The molecule has 0 heterocycles. The summed E-state index contributed by atoms with van der Waals surface area (Å²) >= 11 is 0. The summed E-state index contributed by atoms with van der Waals surface area (Å²) in [6, 6.07) is 64.4. The van der Waals surface area contributed by atoms with E-state index in [4.69, 9.17) is 0 Å². The molecule has 8 aromatic rings. The molecule has 0 aromatic heterocycles. The lowest BCUT2D eigenvalue weighted by atomic mass is 9.81. The summed E-state index contributed by atoms with van der Waals surface area (Å²) in [5, 5.41) is 5.03. The van der Waals surface area contributed by atoms with Crippen molar-refractivity contribution in [1.82, 2.24) is 0 Å². The van der Waals surface area contributed by atoms with Crippen molar-refractivity contribution in [3.8, 4) is 33.4 Å². The zero-order chi connectivity index (χ0) is 32.2. The van der Waals surface area contributed by atoms with Gasteiger partial charge in [0.15, 0.2) is 0 Å². The Kier molecular flexibility index (Phi) is 6.55. The largest absolute Gasteiger partial charge is 0.310 e. The molecule has 0 saturated carbocycles. The summed E-state index contributed by atoms with van der Waals surface area (Å²) in [6.07, 6.45) is 0. The molecule has 8 aromatic carbocycles. The maximum atomic E-state index is 2.46. The minimum Gasteiger partial charge on any atom is -0.310 e. The first-order chi connectivity index (χ1) is 23.6. The molecule has 0 saturated heterocycles. The molecule has 0 fully saturated rings. The molecule has 1 aliphatic rings. The Hall–Kier alpha value is -5.92. The Morgan fingerprint density at radius 1 is 0.375 bits per heavy atom. The second-order valence-electron chi connectivity index (χ2n) is 13.4. The van der Waals surface area contributed by atoms with E-state index in [-0.39, 0.29) is 5.41 Å². The lowest BCUT2D eigenvalue weighted by molar-refractivity contribution is 0.660. The zero-order valence-electron chi connectivity index (χ0n) is 27.2. The number of rotatable bonds is 5. The Balaban J connectivity index is 1.25. The highest BCUT2D eigenvalue weighted by atomic mass is 15.1. The third-order valence-corrected chi connectivity index (χ3v) is 10.2. The van der Waals surface area contributed by atoms with Crippen LogP contribution < -0.4 is 4.90 Å². The monoisotopic (exact) mass is 613 g/mol. The maximum Gasteiger partial charge on any atom is 0.0540 e. The van der Waals surface area contributed by atoms with Gasteiger partial charge in [0.05, 0.1) is 5.69 Å². The number of hydrogen-bond acceptors (Lipinski definition) is 1. The smallest absolute Gasteiger partial charge is 0.0540 e. The number of para-hydroxylation sites is 1. The molecule has 0 aliphatic heterocycles. The predicted molar refractivity (Wildman–Crippen MR) is 205 cm³/mol. The number of anilines is 3. The van der Waals surface area contributed by atoms with Crippen LogP contribution in [0.5, 0.6) is 0 Å². The Labute approximate surface area is 282 Å². The third kappa shape index (κ3) is 4.54. The first kappa shape index (κ1) is 28.3. The Morgan fingerprint density at radius 3 is 1.73 bits per heavy atom. The summed E-state index contributed by atoms with van der Waals surface area (Å²) in [7, 11) is 0. The molecule has 0 atom stereocenters. The van der Waals surface area contributed by atoms with E-state index in [1.54, 1.807) is 0 Å². The van der Waals surface area contributed by atoms with Gasteiger partial charge in [0.2, 0.25) is 0 Å². The number of nitrogens with zero attached hydrogens (tertiary/aromatic N) is 1. The average Bonchev–Trinajstić information content (AvgIpc) is 3.37. The van der Waals surface area contributed by atoms with E-state index >= 15 is 0 Å². The van der Waals surface area contributed by atoms with Crippen molar-refractivity contribution in [2.75, 3.05) is 4.90 Å². The molecule has 1 nitrogen and oxygen atoms in total. The quantitative estimate of drug-likeness (QED) is 0.175. The summed E-state index contributed by atoms with van der Waals surface area (Å²) in [6.45, 7) is 4.75. The highest BCUT2D eigenvalue weighted by molar-refractivity contribution is 6.09. The number of hydrogen-bond donors (Lipinski definition) is 0. The highest BCUT2D eigenvalue weighted by Gasteiger charge is 2.36. The van der Waals surface area contributed by atoms with Gasteiger partial charge in [0.25, 0.3) is 0 Å². The van der Waals surface area contributed by atoms with Crippen LogP contribution in [-0.2, 0) is 5.41 Å². The van der Waals surface area contributed by atoms with Crippen molar-refractivity contribution in [1.29, 1.82) is 0 Å². The van der Waals surface area contributed by atoms with Crippen LogP contribution in [0.1, 0.15) is 25.0 Å². The van der Waals surface area contributed by atoms with Gasteiger partial charge in [0, 0.05) is 22.4 Å². The van der Waals surface area contributed by atoms with Gasteiger partial charge in [-0.25, -0.2) is 0 Å². The van der Waals surface area contributed by atoms with Crippen LogP contribution in [0.4, 0.5) is 17.1 Å². The molecular weight excluding hydrogens is 579 g/mol. The number of benzene rings is 8. The molecule has 0 N–H and O–H groups in total. The first-order valence-corrected chi connectivity index (χ1v) is 16.8. The fourth-order valence-corrected chi connectivity index (χ4v) is 7.76. The lowest BCUT2D eigenvalue weighted by Gasteiger charge is -2.30. The molecule has 0 unspecified atom stereocenters. The fraction of sp³-hybridized carbons (Fsp3) is 0.0638. The van der Waals surface area contributed by atoms with E-state index in [1.165, 1.54) is 66.1 Å². The Bertz CT molecular complexity index is 2470. The van der Waals surface area contributed by atoms with Gasteiger partial charge in [-0.2, -0.15) is 0 Å². The second-order valence-corrected chi connectivity index (χ2v) is 13.4. The molecular formula is C47H35N. The van der Waals surface area contributed by atoms with Gasteiger partial charge in [-0.1, -0.05) is 153 Å². The van der Waals surface area contributed by atoms with Crippen LogP contribution >= 0.6 is 0 Å². The van der Waals surface area contributed by atoms with Gasteiger partial charge in [0.1, 0.15) is 0 Å². The van der Waals surface area contributed by atoms with Crippen molar-refractivity contribution in [2.24, 2.45) is 0 Å². The highest BCUT2D eigenvalue weighted by Crippen LogP contribution is 2.52. The summed E-state index contributed by atoms with van der Waals surface area (Å²) < 4.78 is 0. The molecule has 0 bridgehead atoms. The maximum absolute atomic E-state index is 2.46. The zero-order valence-corrected chi connectivity index (χ0v) is 27.2. The van der Waals surface area contributed by atoms with E-state index in [2.05, 4.69) is 195 Å². The van der Waals surface area contributed by atoms with E-state index in [1.807, 2.05) is 0 Å². The summed E-state index contributed by atoms with van der Waals surface area (Å²) in [5.74, 6) is 0. The van der Waals surface area contributed by atoms with Crippen molar-refractivity contribution in [2.45, 2.75) is 19.3 Å². The standard InChI is InChI=1S/C47H35N/c1-47(2)44-29-36(32-13-5-3-6-14-32)24-27-41(44)42-28-26-38(31-45(42)47)48(46-20-12-11-19-40(46)33-15-7-4-8-16-33)37-25-23-35-22-21-34-17-9-10-18-39(34)43(35)30-37/h3-31H,1-2H3. The molecule has 0 radical (unpaired) electrons. The Morgan fingerprint density at radius 2 is 0.938 bits per heavy atom. The van der Waals surface area contributed by atoms with Gasteiger partial charge < -0.3 is 4.90 Å². The minimum atomic E-state index is -0.157. The first-order valence-electron chi connectivity index (χ1n) is 16.8. The van der Waals surface area contributed by atoms with Crippen LogP contribution in [0.2, 0.25) is 0 Å². The second kappa shape index (κ2) is 11.1. The van der Waals surface area contributed by atoms with Crippen molar-refractivity contribution < 1.29 is 0 Å². The summed E-state index contributed by atoms with van der Waals surface area (Å²) in [4.78, 5) is 2.46. The van der Waals surface area contributed by atoms with E-state index in [0.717, 1.165) is 17.1 Å². The van der Waals surface area contributed by atoms with E-state index in [9.17, 15) is 0 Å². The van der Waals surface area contributed by atoms with Crippen LogP contribution in [0.3, 0.4) is 0 Å². The van der Waals surface area contributed by atoms with E-state index in [0.29, 0.717) is 0 Å². The van der Waals surface area contributed by atoms with Gasteiger partial charge in [-0.3, -0.25) is 0 Å². The number of fused-ring (bicyclic) bond motifs is 6. The van der Waals surface area contributed by atoms with E-state index < -0.39 is 0 Å². The van der Waals surface area contributed by atoms with Crippen LogP contribution in [0.15, 0.2) is 176 Å². The van der Waals surface area contributed by atoms with Crippen LogP contribution in [-0.4, -0.2) is 0 Å². The van der Waals surface area contributed by atoms with Gasteiger partial charge >= 0.3 is 0 Å². The predicted octanol–water partition coefficient (Wildman–Crippen LogP) is 13.1. The molecule has 228 valence electrons.